The van der Waals surface area contributed by atoms with E-state index < -0.39 is 11.7 Å². The Labute approximate surface area is 92.1 Å². The third-order valence-corrected chi connectivity index (χ3v) is 2.74. The zero-order valence-corrected chi connectivity index (χ0v) is 8.93. The first-order valence-corrected chi connectivity index (χ1v) is 5.22. The summed E-state index contributed by atoms with van der Waals surface area (Å²) in [6, 6.07) is 3.85. The van der Waals surface area contributed by atoms with Crippen molar-refractivity contribution in [2.75, 3.05) is 29.9 Å². The number of halogens is 3. The van der Waals surface area contributed by atoms with Crippen LogP contribution in [0.25, 0.3) is 0 Å². The molecule has 1 aromatic carbocycles. The maximum absolute atomic E-state index is 12.5. The van der Waals surface area contributed by atoms with E-state index in [0.29, 0.717) is 12.2 Å². The lowest BCUT2D eigenvalue weighted by Gasteiger charge is -2.31. The fraction of sp³-hybridized carbons (Fsp3) is 0.455. The van der Waals surface area contributed by atoms with Gasteiger partial charge >= 0.3 is 6.18 Å². The highest BCUT2D eigenvalue weighted by atomic mass is 19.4. The largest absolute Gasteiger partial charge is 0.416 e. The topological polar surface area (TPSA) is 15.3 Å². The highest BCUT2D eigenvalue weighted by Gasteiger charge is 2.31. The number of alkyl halides is 3. The van der Waals surface area contributed by atoms with E-state index in [1.54, 1.807) is 0 Å². The number of anilines is 2. The van der Waals surface area contributed by atoms with E-state index >= 15 is 0 Å². The molecule has 0 unspecified atom stereocenters. The fourth-order valence-electron chi connectivity index (χ4n) is 1.90. The van der Waals surface area contributed by atoms with Crippen LogP contribution in [-0.4, -0.2) is 19.6 Å². The Morgan fingerprint density at radius 1 is 1.38 bits per heavy atom. The molecule has 1 heterocycles. The molecule has 0 atom stereocenters. The van der Waals surface area contributed by atoms with Crippen LogP contribution in [-0.2, 0) is 6.18 Å². The molecule has 0 bridgehead atoms. The Morgan fingerprint density at radius 2 is 2.12 bits per heavy atom. The summed E-state index contributed by atoms with van der Waals surface area (Å²) >= 11 is 0. The van der Waals surface area contributed by atoms with E-state index in [1.807, 2.05) is 6.92 Å². The molecule has 0 aromatic heterocycles. The fourth-order valence-corrected chi connectivity index (χ4v) is 1.90. The maximum atomic E-state index is 12.5. The average molecular weight is 230 g/mol. The van der Waals surface area contributed by atoms with Gasteiger partial charge in [-0.1, -0.05) is 0 Å². The number of hydrogen-bond donors (Lipinski definition) is 1. The molecule has 1 N–H and O–H groups in total. The second kappa shape index (κ2) is 3.88. The Balaban J connectivity index is 2.39. The van der Waals surface area contributed by atoms with Gasteiger partial charge in [-0.3, -0.25) is 0 Å². The molecule has 1 aliphatic heterocycles. The predicted octanol–water partition coefficient (Wildman–Crippen LogP) is 2.96. The van der Waals surface area contributed by atoms with Gasteiger partial charge in [0, 0.05) is 19.6 Å². The maximum Gasteiger partial charge on any atom is 0.416 e. The van der Waals surface area contributed by atoms with Crippen LogP contribution in [0.4, 0.5) is 24.5 Å². The molecule has 0 saturated heterocycles. The van der Waals surface area contributed by atoms with Crippen LogP contribution in [0.3, 0.4) is 0 Å². The van der Waals surface area contributed by atoms with Crippen molar-refractivity contribution in [2.24, 2.45) is 0 Å². The van der Waals surface area contributed by atoms with Crippen molar-refractivity contribution >= 4 is 11.4 Å². The number of hydrogen-bond acceptors (Lipinski definition) is 2. The first kappa shape index (κ1) is 11.1. The van der Waals surface area contributed by atoms with Crippen LogP contribution < -0.4 is 10.2 Å². The summed E-state index contributed by atoms with van der Waals surface area (Å²) in [6.45, 7) is 4.31. The second-order valence-electron chi connectivity index (χ2n) is 3.74. The average Bonchev–Trinajstić information content (AvgIpc) is 2.26. The lowest BCUT2D eigenvalue weighted by Crippen LogP contribution is -2.33. The van der Waals surface area contributed by atoms with Crippen molar-refractivity contribution in [3.63, 3.8) is 0 Å². The molecule has 0 radical (unpaired) electrons. The lowest BCUT2D eigenvalue weighted by atomic mass is 10.1. The molecular weight excluding hydrogens is 217 g/mol. The molecule has 5 heteroatoms. The Hall–Kier alpha value is -1.39. The molecule has 16 heavy (non-hydrogen) atoms. The van der Waals surface area contributed by atoms with Crippen molar-refractivity contribution < 1.29 is 13.2 Å². The van der Waals surface area contributed by atoms with Crippen molar-refractivity contribution in [2.45, 2.75) is 13.1 Å². The minimum atomic E-state index is -4.27. The van der Waals surface area contributed by atoms with Crippen LogP contribution in [0.1, 0.15) is 12.5 Å². The summed E-state index contributed by atoms with van der Waals surface area (Å²) in [5.74, 6) is 0. The molecule has 0 aliphatic carbocycles. The van der Waals surface area contributed by atoms with Crippen LogP contribution in [0.15, 0.2) is 18.2 Å². The summed E-state index contributed by atoms with van der Waals surface area (Å²) < 4.78 is 37.5. The van der Waals surface area contributed by atoms with Gasteiger partial charge < -0.3 is 10.2 Å². The Kier molecular flexibility index (Phi) is 2.69. The van der Waals surface area contributed by atoms with Gasteiger partial charge in [-0.15, -0.1) is 0 Å². The lowest BCUT2D eigenvalue weighted by molar-refractivity contribution is -0.137. The standard InChI is InChI=1S/C11H13F3N2/c1-2-16-6-5-15-9-7-8(11(12,13)14)3-4-10(9)16/h3-4,7,15H,2,5-6H2,1H3. The number of fused-ring (bicyclic) bond motifs is 1. The van der Waals surface area contributed by atoms with Gasteiger partial charge in [-0.2, -0.15) is 13.2 Å². The van der Waals surface area contributed by atoms with Crippen LogP contribution in [0.2, 0.25) is 0 Å². The SMILES string of the molecule is CCN1CCNc2cc(C(F)(F)F)ccc21. The summed E-state index contributed by atoms with van der Waals surface area (Å²) in [6.07, 6.45) is -4.27. The highest BCUT2D eigenvalue weighted by molar-refractivity contribution is 5.73. The van der Waals surface area contributed by atoms with Gasteiger partial charge in [-0.05, 0) is 25.1 Å². The van der Waals surface area contributed by atoms with Gasteiger partial charge in [0.1, 0.15) is 0 Å². The third kappa shape index (κ3) is 1.94. The van der Waals surface area contributed by atoms with E-state index in [2.05, 4.69) is 10.2 Å². The Bertz CT molecular complexity index is 387. The van der Waals surface area contributed by atoms with Gasteiger partial charge in [-0.25, -0.2) is 0 Å². The van der Waals surface area contributed by atoms with Gasteiger partial charge in [0.2, 0.25) is 0 Å². The third-order valence-electron chi connectivity index (χ3n) is 2.74. The van der Waals surface area contributed by atoms with Crippen molar-refractivity contribution in [3.05, 3.63) is 23.8 Å². The number of rotatable bonds is 1. The van der Waals surface area contributed by atoms with Crippen LogP contribution >= 0.6 is 0 Å². The van der Waals surface area contributed by atoms with Crippen LogP contribution in [0, 0.1) is 0 Å². The summed E-state index contributed by atoms with van der Waals surface area (Å²) in [4.78, 5) is 2.06. The van der Waals surface area contributed by atoms with E-state index in [-0.39, 0.29) is 0 Å². The number of likely N-dealkylation sites (N-methyl/N-ethyl adjacent to an activating group) is 1. The first-order valence-electron chi connectivity index (χ1n) is 5.22. The summed E-state index contributed by atoms with van der Waals surface area (Å²) in [5.41, 5.74) is 0.821. The molecule has 0 amide bonds. The molecule has 0 spiro atoms. The van der Waals surface area contributed by atoms with Crippen molar-refractivity contribution in [3.8, 4) is 0 Å². The van der Waals surface area contributed by atoms with Gasteiger partial charge in [0.15, 0.2) is 0 Å². The minimum absolute atomic E-state index is 0.572. The second-order valence-corrected chi connectivity index (χ2v) is 3.74. The molecule has 1 aromatic rings. The first-order chi connectivity index (χ1) is 7.52. The molecule has 0 fully saturated rings. The summed E-state index contributed by atoms with van der Waals surface area (Å²) in [7, 11) is 0. The minimum Gasteiger partial charge on any atom is -0.382 e. The van der Waals surface area contributed by atoms with E-state index in [4.69, 9.17) is 0 Å². The van der Waals surface area contributed by atoms with E-state index in [1.165, 1.54) is 12.1 Å². The zero-order chi connectivity index (χ0) is 11.8. The number of nitrogens with one attached hydrogen (secondary N) is 1. The van der Waals surface area contributed by atoms with Gasteiger partial charge in [0.05, 0.1) is 16.9 Å². The molecule has 2 nitrogen and oxygen atoms in total. The van der Waals surface area contributed by atoms with Gasteiger partial charge in [0.25, 0.3) is 0 Å². The van der Waals surface area contributed by atoms with Crippen molar-refractivity contribution in [1.82, 2.24) is 0 Å². The molecular formula is C11H13F3N2. The molecule has 0 saturated carbocycles. The molecule has 2 rings (SSSR count). The van der Waals surface area contributed by atoms with Crippen LogP contribution in [0.5, 0.6) is 0 Å². The molecule has 88 valence electrons. The van der Waals surface area contributed by atoms with E-state index in [0.717, 1.165) is 24.8 Å². The highest BCUT2D eigenvalue weighted by Crippen LogP contribution is 2.36. The van der Waals surface area contributed by atoms with Crippen molar-refractivity contribution in [1.29, 1.82) is 0 Å². The smallest absolute Gasteiger partial charge is 0.382 e. The number of benzene rings is 1. The molecule has 1 aliphatic rings. The normalized spacial score (nSPS) is 15.6. The zero-order valence-electron chi connectivity index (χ0n) is 8.93. The number of nitrogens with zero attached hydrogens (tertiary/aromatic N) is 1. The Morgan fingerprint density at radius 3 is 2.75 bits per heavy atom. The monoisotopic (exact) mass is 230 g/mol. The quantitative estimate of drug-likeness (QED) is 0.797. The van der Waals surface area contributed by atoms with E-state index in [9.17, 15) is 13.2 Å². The predicted molar refractivity (Wildman–Crippen MR) is 57.8 cm³/mol. The summed E-state index contributed by atoms with van der Waals surface area (Å²) in [5, 5.41) is 3.00.